The van der Waals surface area contributed by atoms with Crippen molar-refractivity contribution in [1.29, 1.82) is 0 Å². The number of piperazine rings is 1. The number of halogens is 3. The molecule has 1 aromatic heterocycles. The van der Waals surface area contributed by atoms with Gasteiger partial charge in [0, 0.05) is 37.4 Å². The molecule has 0 aliphatic carbocycles. The van der Waals surface area contributed by atoms with Crippen molar-refractivity contribution >= 4 is 37.2 Å². The average Bonchev–Trinajstić information content (AvgIpc) is 3.31. The number of ether oxygens (including phenoxy) is 1. The topological polar surface area (TPSA) is 44.4 Å². The van der Waals surface area contributed by atoms with Crippen LogP contribution >= 0.6 is 37.2 Å². The molecule has 3 aromatic carbocycles. The predicted octanol–water partition coefficient (Wildman–Crippen LogP) is 7.13. The quantitative estimate of drug-likeness (QED) is 0.255. The number of nitrogens with zero attached hydrogens (tertiary/aromatic N) is 3. The number of methoxy groups -OCH3 is 1. The van der Waals surface area contributed by atoms with Crippen LogP contribution in [0.4, 0.5) is 0 Å². The van der Waals surface area contributed by atoms with Crippen LogP contribution in [0.15, 0.2) is 84.9 Å². The molecule has 1 N–H and O–H groups in total. The van der Waals surface area contributed by atoms with E-state index in [0.29, 0.717) is 0 Å². The Balaban J connectivity index is 0.00000169. The van der Waals surface area contributed by atoms with Gasteiger partial charge in [0.2, 0.25) is 0 Å². The number of hydrogen-bond donors (Lipinski definition) is 1. The molecular formula is C30H37Cl3N4O. The van der Waals surface area contributed by atoms with Crippen molar-refractivity contribution in [3.8, 4) is 17.1 Å². The molecule has 1 atom stereocenters. The summed E-state index contributed by atoms with van der Waals surface area (Å²) >= 11 is 0. The highest BCUT2D eigenvalue weighted by atomic mass is 35.5. The summed E-state index contributed by atoms with van der Waals surface area (Å²) in [6, 6.07) is 30.3. The Labute approximate surface area is 244 Å². The number of hydrogen-bond acceptors (Lipinski definition) is 4. The minimum atomic E-state index is 0. The summed E-state index contributed by atoms with van der Waals surface area (Å²) in [6.07, 6.45) is 0. The van der Waals surface area contributed by atoms with Gasteiger partial charge in [-0.25, -0.2) is 4.98 Å². The number of imidazole rings is 1. The number of aromatic nitrogens is 2. The van der Waals surface area contributed by atoms with E-state index in [0.717, 1.165) is 54.7 Å². The summed E-state index contributed by atoms with van der Waals surface area (Å²) in [6.45, 7) is 8.46. The minimum Gasteiger partial charge on any atom is -0.497 e. The monoisotopic (exact) mass is 574 g/mol. The molecule has 0 amide bonds. The minimum absolute atomic E-state index is 0. The van der Waals surface area contributed by atoms with E-state index < -0.39 is 0 Å². The van der Waals surface area contributed by atoms with Gasteiger partial charge in [-0.3, -0.25) is 9.80 Å². The van der Waals surface area contributed by atoms with Crippen LogP contribution in [0.2, 0.25) is 0 Å². The second-order valence-corrected chi connectivity index (χ2v) is 9.30. The molecule has 0 saturated carbocycles. The molecule has 1 aliphatic heterocycles. The van der Waals surface area contributed by atoms with Gasteiger partial charge in [-0.2, -0.15) is 0 Å². The molecule has 0 radical (unpaired) electrons. The van der Waals surface area contributed by atoms with Crippen molar-refractivity contribution < 1.29 is 4.74 Å². The van der Waals surface area contributed by atoms with Crippen LogP contribution < -0.4 is 4.74 Å². The number of H-pyrrole nitrogens is 1. The number of nitrogens with one attached hydrogen (secondary N) is 1. The first-order chi connectivity index (χ1) is 17.1. The van der Waals surface area contributed by atoms with Crippen LogP contribution in [0.5, 0.6) is 5.75 Å². The predicted molar refractivity (Wildman–Crippen MR) is 163 cm³/mol. The highest BCUT2D eigenvalue weighted by molar-refractivity contribution is 5.86. The van der Waals surface area contributed by atoms with Gasteiger partial charge in [-0.05, 0) is 37.1 Å². The van der Waals surface area contributed by atoms with E-state index in [1.165, 1.54) is 11.1 Å². The van der Waals surface area contributed by atoms with Gasteiger partial charge in [0.1, 0.15) is 11.6 Å². The molecule has 1 saturated heterocycles. The van der Waals surface area contributed by atoms with E-state index in [-0.39, 0.29) is 49.3 Å². The molecule has 0 bridgehead atoms. The van der Waals surface area contributed by atoms with Gasteiger partial charge in [-0.15, -0.1) is 37.2 Å². The first kappa shape index (κ1) is 31.7. The first-order valence-corrected chi connectivity index (χ1v) is 12.4. The van der Waals surface area contributed by atoms with Crippen LogP contribution in [0.25, 0.3) is 11.4 Å². The Bertz CT molecular complexity index is 1210. The molecule has 5 nitrogen and oxygen atoms in total. The van der Waals surface area contributed by atoms with Gasteiger partial charge in [0.15, 0.2) is 0 Å². The van der Waals surface area contributed by atoms with Crippen molar-refractivity contribution in [3.63, 3.8) is 0 Å². The highest BCUT2D eigenvalue weighted by Crippen LogP contribution is 2.32. The fourth-order valence-electron chi connectivity index (χ4n) is 5.23. The molecule has 1 fully saturated rings. The molecule has 4 aromatic rings. The van der Waals surface area contributed by atoms with Crippen LogP contribution in [0.3, 0.4) is 0 Å². The Morgan fingerprint density at radius 1 is 0.763 bits per heavy atom. The summed E-state index contributed by atoms with van der Waals surface area (Å²) < 4.78 is 5.39. The van der Waals surface area contributed by atoms with Crippen molar-refractivity contribution in [3.05, 3.63) is 107 Å². The fourth-order valence-corrected chi connectivity index (χ4v) is 5.23. The molecule has 5 rings (SSSR count). The highest BCUT2D eigenvalue weighted by Gasteiger charge is 2.29. The van der Waals surface area contributed by atoms with E-state index in [1.54, 1.807) is 7.11 Å². The van der Waals surface area contributed by atoms with E-state index in [2.05, 4.69) is 95.4 Å². The lowest BCUT2D eigenvalue weighted by molar-refractivity contribution is 0.0826. The third-order valence-corrected chi connectivity index (χ3v) is 7.15. The van der Waals surface area contributed by atoms with Gasteiger partial charge < -0.3 is 9.72 Å². The number of benzene rings is 3. The lowest BCUT2D eigenvalue weighted by Crippen LogP contribution is -2.48. The van der Waals surface area contributed by atoms with E-state index in [1.807, 2.05) is 18.2 Å². The van der Waals surface area contributed by atoms with Crippen LogP contribution in [0, 0.1) is 6.92 Å². The summed E-state index contributed by atoms with van der Waals surface area (Å²) in [5, 5.41) is 0. The van der Waals surface area contributed by atoms with Crippen LogP contribution in [-0.2, 0) is 0 Å². The lowest BCUT2D eigenvalue weighted by Gasteiger charge is -2.41. The second kappa shape index (κ2) is 14.6. The maximum Gasteiger partial charge on any atom is 0.138 e. The summed E-state index contributed by atoms with van der Waals surface area (Å²) in [4.78, 5) is 13.7. The molecule has 1 unspecified atom stereocenters. The maximum absolute atomic E-state index is 5.39. The summed E-state index contributed by atoms with van der Waals surface area (Å²) in [5.74, 6) is 1.74. The molecular weight excluding hydrogens is 539 g/mol. The van der Waals surface area contributed by atoms with E-state index >= 15 is 0 Å². The van der Waals surface area contributed by atoms with Gasteiger partial charge >= 0.3 is 0 Å². The Hall–Kier alpha value is -2.54. The third kappa shape index (κ3) is 6.90. The van der Waals surface area contributed by atoms with Crippen LogP contribution in [0.1, 0.15) is 41.5 Å². The van der Waals surface area contributed by atoms with Gasteiger partial charge in [0.05, 0.1) is 24.9 Å². The van der Waals surface area contributed by atoms with E-state index in [9.17, 15) is 0 Å². The third-order valence-electron chi connectivity index (χ3n) is 7.15. The normalized spacial score (nSPS) is 14.6. The first-order valence-electron chi connectivity index (χ1n) is 12.4. The molecule has 8 heteroatoms. The largest absolute Gasteiger partial charge is 0.497 e. The van der Waals surface area contributed by atoms with Crippen LogP contribution in [-0.4, -0.2) is 53.1 Å². The molecule has 204 valence electrons. The second-order valence-electron chi connectivity index (χ2n) is 9.30. The summed E-state index contributed by atoms with van der Waals surface area (Å²) in [7, 11) is 1.69. The number of aromatic amines is 1. The van der Waals surface area contributed by atoms with Gasteiger partial charge in [0.25, 0.3) is 0 Å². The zero-order chi connectivity index (χ0) is 24.2. The molecule has 1 aliphatic rings. The smallest absolute Gasteiger partial charge is 0.138 e. The lowest BCUT2D eigenvalue weighted by atomic mass is 9.96. The zero-order valence-corrected chi connectivity index (χ0v) is 24.5. The van der Waals surface area contributed by atoms with Gasteiger partial charge in [-0.1, -0.05) is 72.8 Å². The maximum atomic E-state index is 5.39. The Morgan fingerprint density at radius 3 is 1.87 bits per heavy atom. The molecule has 0 spiro atoms. The number of rotatable bonds is 7. The van der Waals surface area contributed by atoms with Crippen molar-refractivity contribution in [1.82, 2.24) is 19.8 Å². The van der Waals surface area contributed by atoms with Crippen molar-refractivity contribution in [2.24, 2.45) is 0 Å². The zero-order valence-electron chi connectivity index (χ0n) is 22.0. The number of aryl methyl sites for hydroxylation is 1. The van der Waals surface area contributed by atoms with Crippen molar-refractivity contribution in [2.45, 2.75) is 25.9 Å². The summed E-state index contributed by atoms with van der Waals surface area (Å²) in [5.41, 5.74) is 6.00. The van der Waals surface area contributed by atoms with Crippen molar-refractivity contribution in [2.75, 3.05) is 33.3 Å². The fraction of sp³-hybridized carbons (Fsp3) is 0.300. The Kier molecular flexibility index (Phi) is 12.1. The standard InChI is InChI=1S/C30H34N4O.3ClH/c1-22-28(32-30(31-22)26-15-10-16-27(21-26)35-3)23(2)33-17-19-34(20-18-33)29(24-11-6-4-7-12-24)25-13-8-5-9-14-25;;;/h4-16,21,23,29H,17-20H2,1-3H3,(H,31,32);3*1H. The van der Waals surface area contributed by atoms with E-state index in [4.69, 9.17) is 9.72 Å². The average molecular weight is 576 g/mol. The molecule has 2 heterocycles. The Morgan fingerprint density at radius 2 is 1.32 bits per heavy atom. The molecule has 38 heavy (non-hydrogen) atoms. The SMILES string of the molecule is COc1cccc(-c2nc(C(C)N3CCN(C(c4ccccc4)c4ccccc4)CC3)c(C)[nH]2)c1.Cl.Cl.Cl.